The molecule has 1 amide bonds. The average Bonchev–Trinajstić information content (AvgIpc) is 3.45. The molecule has 4 aromatic rings. The zero-order valence-electron chi connectivity index (χ0n) is 18.0. The average molecular weight is 448 g/mol. The largest absolute Gasteiger partial charge is 0.478 e. The molecule has 1 aromatic heterocycles. The highest BCUT2D eigenvalue weighted by atomic mass is 16.4. The molecule has 6 heteroatoms. The Hall–Kier alpha value is -4.84. The number of nitrogens with zero attached hydrogens (tertiary/aromatic N) is 1. The van der Waals surface area contributed by atoms with Gasteiger partial charge in [0.2, 0.25) is 0 Å². The fourth-order valence-corrected chi connectivity index (χ4v) is 3.83. The van der Waals surface area contributed by atoms with Gasteiger partial charge in [-0.05, 0) is 78.4 Å². The molecule has 0 saturated heterocycles. The van der Waals surface area contributed by atoms with E-state index in [1.807, 2.05) is 60.7 Å². The van der Waals surface area contributed by atoms with E-state index in [-0.39, 0.29) is 11.5 Å². The second-order valence-corrected chi connectivity index (χ2v) is 7.81. The van der Waals surface area contributed by atoms with Crippen LogP contribution in [0, 0.1) is 0 Å². The van der Waals surface area contributed by atoms with Crippen LogP contribution in [0.25, 0.3) is 23.1 Å². The van der Waals surface area contributed by atoms with Crippen molar-refractivity contribution in [2.24, 2.45) is 0 Å². The van der Waals surface area contributed by atoms with Crippen LogP contribution >= 0.6 is 0 Å². The zero-order valence-corrected chi connectivity index (χ0v) is 18.0. The van der Waals surface area contributed by atoms with Gasteiger partial charge in [-0.3, -0.25) is 9.69 Å². The molecule has 2 heterocycles. The second-order valence-electron chi connectivity index (χ2n) is 7.81. The van der Waals surface area contributed by atoms with Crippen LogP contribution in [0.2, 0.25) is 0 Å². The van der Waals surface area contributed by atoms with Crippen molar-refractivity contribution in [2.75, 3.05) is 10.6 Å². The van der Waals surface area contributed by atoms with Crippen LogP contribution < -0.4 is 10.6 Å². The molecule has 0 atom stereocenters. The Morgan fingerprint density at radius 2 is 1.56 bits per heavy atom. The van der Waals surface area contributed by atoms with E-state index in [0.717, 1.165) is 11.1 Å². The normalized spacial score (nSPS) is 14.5. The SMILES string of the molecule is Nc1ccc(-c2ccc(/C=C3/C=C(c4ccccc4)N(c4ccc(C(=O)O)cc4)C3=O)o2)cc1. The summed E-state index contributed by atoms with van der Waals surface area (Å²) in [6, 6.07) is 26.8. The fourth-order valence-electron chi connectivity index (χ4n) is 3.83. The van der Waals surface area contributed by atoms with Crippen LogP contribution in [0.1, 0.15) is 21.7 Å². The predicted octanol–water partition coefficient (Wildman–Crippen LogP) is 5.70. The number of nitrogens with two attached hydrogens (primary N) is 1. The van der Waals surface area contributed by atoms with Gasteiger partial charge < -0.3 is 15.3 Å². The summed E-state index contributed by atoms with van der Waals surface area (Å²) in [6.07, 6.45) is 3.52. The first-order valence-corrected chi connectivity index (χ1v) is 10.6. The highest BCUT2D eigenvalue weighted by Crippen LogP contribution is 2.36. The van der Waals surface area contributed by atoms with Crippen molar-refractivity contribution in [1.82, 2.24) is 0 Å². The maximum absolute atomic E-state index is 13.5. The van der Waals surface area contributed by atoms with Crippen LogP contribution in [-0.4, -0.2) is 17.0 Å². The number of anilines is 2. The number of furan rings is 1. The number of carbonyl (C=O) groups is 2. The van der Waals surface area contributed by atoms with E-state index in [1.54, 1.807) is 35.2 Å². The molecule has 1 aliphatic heterocycles. The summed E-state index contributed by atoms with van der Waals surface area (Å²) in [5.74, 6) is -0.0339. The second kappa shape index (κ2) is 8.60. The van der Waals surface area contributed by atoms with Crippen LogP contribution in [0.15, 0.2) is 107 Å². The molecule has 0 radical (unpaired) electrons. The van der Waals surface area contributed by atoms with Gasteiger partial charge in [-0.15, -0.1) is 0 Å². The number of amides is 1. The molecular formula is C28H20N2O4. The third kappa shape index (κ3) is 4.00. The molecule has 3 N–H and O–H groups in total. The molecule has 0 aliphatic carbocycles. The Balaban J connectivity index is 1.52. The van der Waals surface area contributed by atoms with E-state index < -0.39 is 5.97 Å². The molecule has 0 fully saturated rings. The molecule has 0 unspecified atom stereocenters. The zero-order chi connectivity index (χ0) is 23.7. The lowest BCUT2D eigenvalue weighted by Gasteiger charge is -2.21. The highest BCUT2D eigenvalue weighted by Gasteiger charge is 2.30. The van der Waals surface area contributed by atoms with Crippen LogP contribution in [0.4, 0.5) is 11.4 Å². The van der Waals surface area contributed by atoms with E-state index in [2.05, 4.69) is 0 Å². The Morgan fingerprint density at radius 3 is 2.24 bits per heavy atom. The number of aromatic carboxylic acids is 1. The summed E-state index contributed by atoms with van der Waals surface area (Å²) >= 11 is 0. The van der Waals surface area contributed by atoms with Gasteiger partial charge in [0.1, 0.15) is 11.5 Å². The lowest BCUT2D eigenvalue weighted by Crippen LogP contribution is -2.25. The number of carbonyl (C=O) groups excluding carboxylic acids is 1. The fraction of sp³-hybridized carbons (Fsp3) is 0. The van der Waals surface area contributed by atoms with Gasteiger partial charge in [-0.1, -0.05) is 30.3 Å². The van der Waals surface area contributed by atoms with Gasteiger partial charge in [0.25, 0.3) is 5.91 Å². The summed E-state index contributed by atoms with van der Waals surface area (Å²) in [7, 11) is 0. The molecule has 3 aromatic carbocycles. The first-order valence-electron chi connectivity index (χ1n) is 10.6. The topological polar surface area (TPSA) is 96.8 Å². The predicted molar refractivity (Wildman–Crippen MR) is 132 cm³/mol. The monoisotopic (exact) mass is 448 g/mol. The van der Waals surface area contributed by atoms with Gasteiger partial charge in [0.15, 0.2) is 0 Å². The van der Waals surface area contributed by atoms with Crippen molar-refractivity contribution in [2.45, 2.75) is 0 Å². The molecule has 0 saturated carbocycles. The number of benzene rings is 3. The summed E-state index contributed by atoms with van der Waals surface area (Å²) in [5, 5.41) is 9.21. The van der Waals surface area contributed by atoms with Gasteiger partial charge in [0.05, 0.1) is 11.3 Å². The third-order valence-electron chi connectivity index (χ3n) is 5.54. The number of carboxylic acid groups (broad SMARTS) is 1. The first-order chi connectivity index (χ1) is 16.5. The van der Waals surface area contributed by atoms with Crippen LogP contribution in [0.5, 0.6) is 0 Å². The van der Waals surface area contributed by atoms with Gasteiger partial charge in [-0.2, -0.15) is 0 Å². The lowest BCUT2D eigenvalue weighted by molar-refractivity contribution is -0.113. The van der Waals surface area contributed by atoms with E-state index >= 15 is 0 Å². The maximum Gasteiger partial charge on any atom is 0.335 e. The molecule has 0 spiro atoms. The van der Waals surface area contributed by atoms with Crippen molar-refractivity contribution in [3.05, 3.63) is 120 Å². The maximum atomic E-state index is 13.5. The quantitative estimate of drug-likeness (QED) is 0.302. The van der Waals surface area contributed by atoms with Gasteiger partial charge in [0, 0.05) is 22.5 Å². The lowest BCUT2D eigenvalue weighted by atomic mass is 10.1. The van der Waals surface area contributed by atoms with Crippen LogP contribution in [0.3, 0.4) is 0 Å². The smallest absolute Gasteiger partial charge is 0.335 e. The number of hydrogen-bond acceptors (Lipinski definition) is 4. The van der Waals surface area contributed by atoms with Crippen LogP contribution in [-0.2, 0) is 4.79 Å². The summed E-state index contributed by atoms with van der Waals surface area (Å²) in [4.78, 5) is 26.3. The number of nitrogen functional groups attached to an aromatic ring is 1. The van der Waals surface area contributed by atoms with Gasteiger partial charge >= 0.3 is 5.97 Å². The van der Waals surface area contributed by atoms with Crippen molar-refractivity contribution in [1.29, 1.82) is 0 Å². The van der Waals surface area contributed by atoms with Crippen molar-refractivity contribution in [3.63, 3.8) is 0 Å². The van der Waals surface area contributed by atoms with Gasteiger partial charge in [-0.25, -0.2) is 4.79 Å². The highest BCUT2D eigenvalue weighted by molar-refractivity contribution is 6.23. The molecular weight excluding hydrogens is 428 g/mol. The first kappa shape index (κ1) is 21.0. The molecule has 166 valence electrons. The third-order valence-corrected chi connectivity index (χ3v) is 5.54. The van der Waals surface area contributed by atoms with E-state index in [9.17, 15) is 14.7 Å². The molecule has 0 bridgehead atoms. The Kier molecular flexibility index (Phi) is 5.32. The Labute approximate surface area is 195 Å². The Morgan fingerprint density at radius 1 is 0.853 bits per heavy atom. The van der Waals surface area contributed by atoms with E-state index in [4.69, 9.17) is 10.2 Å². The molecule has 34 heavy (non-hydrogen) atoms. The minimum atomic E-state index is -1.02. The van der Waals surface area contributed by atoms with E-state index in [1.165, 1.54) is 12.1 Å². The number of carboxylic acids is 1. The molecule has 5 rings (SSSR count). The summed E-state index contributed by atoms with van der Waals surface area (Å²) < 4.78 is 5.96. The van der Waals surface area contributed by atoms with Crippen molar-refractivity contribution in [3.8, 4) is 11.3 Å². The number of hydrogen-bond donors (Lipinski definition) is 2. The number of rotatable bonds is 5. The minimum absolute atomic E-state index is 0.155. The molecule has 6 nitrogen and oxygen atoms in total. The van der Waals surface area contributed by atoms with Crippen molar-refractivity contribution < 1.29 is 19.1 Å². The summed E-state index contributed by atoms with van der Waals surface area (Å²) in [5.41, 5.74) is 10.1. The van der Waals surface area contributed by atoms with E-state index in [0.29, 0.717) is 34.2 Å². The summed E-state index contributed by atoms with van der Waals surface area (Å²) in [6.45, 7) is 0. The van der Waals surface area contributed by atoms with Crippen molar-refractivity contribution >= 4 is 35.0 Å². The Bertz CT molecular complexity index is 1430. The minimum Gasteiger partial charge on any atom is -0.478 e. The standard InChI is InChI=1S/C28H20N2O4/c29-22-10-6-19(7-11-22)26-15-14-24(34-26)16-21-17-25(18-4-2-1-3-5-18)30(27(21)31)23-12-8-20(9-13-23)28(32)33/h1-17H,29H2,(H,32,33)/b21-16-. The molecule has 1 aliphatic rings.